The highest BCUT2D eigenvalue weighted by atomic mass is 16.2. The van der Waals surface area contributed by atoms with Gasteiger partial charge in [-0.2, -0.15) is 0 Å². The SMILES string of the molecule is CCCNC(=O)NC(=O)CN1C(C)CCCC1CN. The molecule has 0 aromatic rings. The van der Waals surface area contributed by atoms with Crippen LogP contribution >= 0.6 is 0 Å². The highest BCUT2D eigenvalue weighted by Gasteiger charge is 2.28. The number of hydrogen-bond acceptors (Lipinski definition) is 4. The van der Waals surface area contributed by atoms with E-state index in [2.05, 4.69) is 22.5 Å². The smallest absolute Gasteiger partial charge is 0.321 e. The molecule has 1 heterocycles. The average molecular weight is 270 g/mol. The first kappa shape index (κ1) is 15.9. The summed E-state index contributed by atoms with van der Waals surface area (Å²) in [6.45, 7) is 5.43. The number of piperidine rings is 1. The van der Waals surface area contributed by atoms with Gasteiger partial charge in [-0.15, -0.1) is 0 Å². The van der Waals surface area contributed by atoms with E-state index in [1.165, 1.54) is 0 Å². The third-order valence-corrected chi connectivity index (χ3v) is 3.58. The minimum Gasteiger partial charge on any atom is -0.338 e. The lowest BCUT2D eigenvalue weighted by Crippen LogP contribution is -2.53. The molecular weight excluding hydrogens is 244 g/mol. The van der Waals surface area contributed by atoms with Gasteiger partial charge in [-0.25, -0.2) is 4.79 Å². The molecule has 0 aliphatic carbocycles. The summed E-state index contributed by atoms with van der Waals surface area (Å²) in [5.74, 6) is -0.263. The van der Waals surface area contributed by atoms with Crippen LogP contribution in [0, 0.1) is 0 Å². The maximum absolute atomic E-state index is 11.8. The third-order valence-electron chi connectivity index (χ3n) is 3.58. The van der Waals surface area contributed by atoms with Crippen LogP contribution in [0.1, 0.15) is 39.5 Å². The minimum atomic E-state index is -0.416. The molecule has 1 fully saturated rings. The number of nitrogens with one attached hydrogen (secondary N) is 2. The van der Waals surface area contributed by atoms with Crippen molar-refractivity contribution >= 4 is 11.9 Å². The van der Waals surface area contributed by atoms with Crippen LogP contribution in [0.25, 0.3) is 0 Å². The summed E-state index contributed by atoms with van der Waals surface area (Å²) in [5, 5.41) is 4.98. The molecule has 1 rings (SSSR count). The molecule has 1 aliphatic rings. The van der Waals surface area contributed by atoms with Crippen molar-refractivity contribution in [3.63, 3.8) is 0 Å². The summed E-state index contributed by atoms with van der Waals surface area (Å²) in [4.78, 5) is 25.3. The maximum atomic E-state index is 11.8. The van der Waals surface area contributed by atoms with Gasteiger partial charge in [0.25, 0.3) is 0 Å². The number of carbonyl (C=O) groups excluding carboxylic acids is 2. The van der Waals surface area contributed by atoms with Crippen LogP contribution in [0.4, 0.5) is 4.79 Å². The first-order valence-electron chi connectivity index (χ1n) is 7.12. The van der Waals surface area contributed by atoms with Crippen molar-refractivity contribution < 1.29 is 9.59 Å². The van der Waals surface area contributed by atoms with Gasteiger partial charge in [-0.3, -0.25) is 15.0 Å². The predicted molar refractivity (Wildman–Crippen MR) is 74.7 cm³/mol. The molecule has 0 saturated carbocycles. The van der Waals surface area contributed by atoms with Crippen LogP contribution in [0.15, 0.2) is 0 Å². The molecule has 3 amide bonds. The number of nitrogens with two attached hydrogens (primary N) is 1. The highest BCUT2D eigenvalue weighted by molar-refractivity contribution is 5.95. The Labute approximate surface area is 115 Å². The molecule has 0 bridgehead atoms. The van der Waals surface area contributed by atoms with Gasteiger partial charge >= 0.3 is 6.03 Å². The van der Waals surface area contributed by atoms with Crippen LogP contribution in [-0.2, 0) is 4.79 Å². The highest BCUT2D eigenvalue weighted by Crippen LogP contribution is 2.21. The normalized spacial score (nSPS) is 23.9. The Morgan fingerprint density at radius 2 is 2.11 bits per heavy atom. The Bertz CT molecular complexity index is 309. The van der Waals surface area contributed by atoms with E-state index in [4.69, 9.17) is 5.73 Å². The van der Waals surface area contributed by atoms with Crippen molar-refractivity contribution in [2.75, 3.05) is 19.6 Å². The zero-order valence-corrected chi connectivity index (χ0v) is 11.9. The second-order valence-electron chi connectivity index (χ2n) is 5.15. The van der Waals surface area contributed by atoms with E-state index in [-0.39, 0.29) is 18.5 Å². The molecule has 0 aromatic heterocycles. The Balaban J connectivity index is 2.42. The van der Waals surface area contributed by atoms with E-state index in [1.54, 1.807) is 0 Å². The van der Waals surface area contributed by atoms with Crippen LogP contribution in [0.2, 0.25) is 0 Å². The van der Waals surface area contributed by atoms with Crippen molar-refractivity contribution in [3.8, 4) is 0 Å². The number of carbonyl (C=O) groups is 2. The number of urea groups is 1. The topological polar surface area (TPSA) is 87.5 Å². The van der Waals surface area contributed by atoms with Gasteiger partial charge in [0.1, 0.15) is 0 Å². The van der Waals surface area contributed by atoms with Crippen LogP contribution < -0.4 is 16.4 Å². The summed E-state index contributed by atoms with van der Waals surface area (Å²) >= 11 is 0. The van der Waals surface area contributed by atoms with E-state index < -0.39 is 6.03 Å². The number of amides is 3. The monoisotopic (exact) mass is 270 g/mol. The van der Waals surface area contributed by atoms with Gasteiger partial charge in [-0.05, 0) is 26.2 Å². The minimum absolute atomic E-state index is 0.239. The van der Waals surface area contributed by atoms with E-state index in [0.29, 0.717) is 19.1 Å². The zero-order valence-electron chi connectivity index (χ0n) is 11.9. The molecule has 0 aromatic carbocycles. The zero-order chi connectivity index (χ0) is 14.3. The van der Waals surface area contributed by atoms with Crippen molar-refractivity contribution in [1.29, 1.82) is 0 Å². The summed E-state index contributed by atoms with van der Waals surface area (Å²) in [6, 6.07) is 0.167. The largest absolute Gasteiger partial charge is 0.338 e. The lowest BCUT2D eigenvalue weighted by Gasteiger charge is -2.39. The molecule has 110 valence electrons. The number of hydrogen-bond donors (Lipinski definition) is 3. The number of imide groups is 1. The maximum Gasteiger partial charge on any atom is 0.321 e. The second kappa shape index (κ2) is 8.12. The molecule has 6 nitrogen and oxygen atoms in total. The molecule has 19 heavy (non-hydrogen) atoms. The van der Waals surface area contributed by atoms with Gasteiger partial charge in [0.15, 0.2) is 0 Å². The summed E-state index contributed by atoms with van der Waals surface area (Å²) < 4.78 is 0. The molecule has 1 aliphatic heterocycles. The van der Waals surface area contributed by atoms with Crippen molar-refractivity contribution in [1.82, 2.24) is 15.5 Å². The molecule has 1 saturated heterocycles. The fraction of sp³-hybridized carbons (Fsp3) is 0.846. The molecule has 2 atom stereocenters. The number of nitrogens with zero attached hydrogens (tertiary/aromatic N) is 1. The summed E-state index contributed by atoms with van der Waals surface area (Å²) in [5.41, 5.74) is 5.75. The van der Waals surface area contributed by atoms with Crippen LogP contribution in [0.3, 0.4) is 0 Å². The number of rotatable bonds is 5. The van der Waals surface area contributed by atoms with Crippen LogP contribution in [-0.4, -0.2) is 48.6 Å². The van der Waals surface area contributed by atoms with Crippen molar-refractivity contribution in [2.45, 2.75) is 51.6 Å². The average Bonchev–Trinajstić information content (AvgIpc) is 2.38. The van der Waals surface area contributed by atoms with E-state index in [9.17, 15) is 9.59 Å². The summed E-state index contributed by atoms with van der Waals surface area (Å²) in [6.07, 6.45) is 4.10. The van der Waals surface area contributed by atoms with E-state index in [1.807, 2.05) is 6.92 Å². The Morgan fingerprint density at radius 3 is 2.74 bits per heavy atom. The third kappa shape index (κ3) is 5.16. The molecule has 6 heteroatoms. The standard InChI is InChI=1S/C13H26N4O2/c1-3-7-15-13(19)16-12(18)9-17-10(2)5-4-6-11(17)8-14/h10-11H,3-9,14H2,1-2H3,(H2,15,16,18,19). The van der Waals surface area contributed by atoms with Crippen molar-refractivity contribution in [2.24, 2.45) is 5.73 Å². The fourth-order valence-corrected chi connectivity index (χ4v) is 2.49. The lowest BCUT2D eigenvalue weighted by atomic mass is 9.96. The van der Waals surface area contributed by atoms with Gasteiger partial charge in [0.05, 0.1) is 6.54 Å². The molecule has 0 radical (unpaired) electrons. The van der Waals surface area contributed by atoms with E-state index >= 15 is 0 Å². The fourth-order valence-electron chi connectivity index (χ4n) is 2.49. The Morgan fingerprint density at radius 1 is 1.37 bits per heavy atom. The Kier molecular flexibility index (Phi) is 6.80. The predicted octanol–water partition coefficient (Wildman–Crippen LogP) is 0.424. The van der Waals surface area contributed by atoms with Gasteiger partial charge in [0.2, 0.25) is 5.91 Å². The first-order chi connectivity index (χ1) is 9.08. The molecule has 0 spiro atoms. The van der Waals surface area contributed by atoms with Gasteiger partial charge in [-0.1, -0.05) is 13.3 Å². The molecule has 4 N–H and O–H groups in total. The van der Waals surface area contributed by atoms with Crippen molar-refractivity contribution in [3.05, 3.63) is 0 Å². The van der Waals surface area contributed by atoms with E-state index in [0.717, 1.165) is 25.7 Å². The van der Waals surface area contributed by atoms with Crippen LogP contribution in [0.5, 0.6) is 0 Å². The molecular formula is C13H26N4O2. The second-order valence-corrected chi connectivity index (χ2v) is 5.15. The van der Waals surface area contributed by atoms with Gasteiger partial charge in [0, 0.05) is 25.2 Å². The summed E-state index contributed by atoms with van der Waals surface area (Å²) in [7, 11) is 0. The quantitative estimate of drug-likeness (QED) is 0.676. The first-order valence-corrected chi connectivity index (χ1v) is 7.12. The Hall–Kier alpha value is -1.14. The lowest BCUT2D eigenvalue weighted by molar-refractivity contribution is -0.122. The number of likely N-dealkylation sites (tertiary alicyclic amines) is 1. The van der Waals surface area contributed by atoms with Gasteiger partial charge < -0.3 is 11.1 Å². The molecule has 2 unspecified atom stereocenters.